The number of sulfone groups is 1. The Morgan fingerprint density at radius 3 is 2.79 bits per heavy atom. The number of aliphatic hydroxyl groups excluding tert-OH is 1. The van der Waals surface area contributed by atoms with Crippen molar-refractivity contribution in [3.63, 3.8) is 0 Å². The molecule has 160 valence electrons. The molecular formula is C18H27N5O4S2. The number of guanidine groups is 1. The molecule has 0 bridgehead atoms. The summed E-state index contributed by atoms with van der Waals surface area (Å²) in [5, 5.41) is 19.1. The number of hydrogen-bond donors (Lipinski definition) is 2. The van der Waals surface area contributed by atoms with E-state index in [9.17, 15) is 13.5 Å². The standard InChI is InChI=1S/C18H27N5O4S2/c1-2-19-18(20-12-16(24)14-29(25,26)17-4-3-11-28-17)23-8-6-22(7-9-23)13-15-5-10-27-21-15/h3-5,10-11,16,24H,2,6-9,12-14H2,1H3,(H,19,20). The van der Waals surface area contributed by atoms with Crippen LogP contribution in [0.15, 0.2) is 43.6 Å². The molecule has 29 heavy (non-hydrogen) atoms. The highest BCUT2D eigenvalue weighted by Gasteiger charge is 2.23. The summed E-state index contributed by atoms with van der Waals surface area (Å²) in [4.78, 5) is 8.90. The zero-order valence-electron chi connectivity index (χ0n) is 16.4. The Labute approximate surface area is 174 Å². The molecule has 2 aromatic rings. The minimum Gasteiger partial charge on any atom is -0.390 e. The normalized spacial score (nSPS) is 17.4. The summed E-state index contributed by atoms with van der Waals surface area (Å²) in [6.07, 6.45) is 0.523. The highest BCUT2D eigenvalue weighted by molar-refractivity contribution is 7.93. The third-order valence-electron chi connectivity index (χ3n) is 4.55. The van der Waals surface area contributed by atoms with Crippen molar-refractivity contribution in [2.24, 2.45) is 4.99 Å². The van der Waals surface area contributed by atoms with Gasteiger partial charge in [-0.05, 0) is 18.4 Å². The van der Waals surface area contributed by atoms with Crippen LogP contribution in [0.2, 0.25) is 0 Å². The van der Waals surface area contributed by atoms with Gasteiger partial charge < -0.3 is 19.8 Å². The fourth-order valence-corrected chi connectivity index (χ4v) is 5.58. The number of thiophene rings is 1. The highest BCUT2D eigenvalue weighted by atomic mass is 32.2. The molecule has 9 nitrogen and oxygen atoms in total. The first kappa shape index (κ1) is 21.8. The van der Waals surface area contributed by atoms with Gasteiger partial charge in [-0.15, -0.1) is 11.3 Å². The molecule has 2 N–H and O–H groups in total. The third-order valence-corrected chi connectivity index (χ3v) is 7.83. The van der Waals surface area contributed by atoms with E-state index in [1.165, 1.54) is 0 Å². The molecule has 1 aliphatic rings. The van der Waals surface area contributed by atoms with Crippen molar-refractivity contribution in [3.05, 3.63) is 35.5 Å². The fraction of sp³-hybridized carbons (Fsp3) is 0.556. The van der Waals surface area contributed by atoms with Crippen LogP contribution in [0.5, 0.6) is 0 Å². The van der Waals surface area contributed by atoms with E-state index in [1.807, 2.05) is 13.0 Å². The van der Waals surface area contributed by atoms with E-state index in [0.717, 1.165) is 49.8 Å². The smallest absolute Gasteiger partial charge is 0.194 e. The second-order valence-electron chi connectivity index (χ2n) is 6.82. The van der Waals surface area contributed by atoms with E-state index in [1.54, 1.807) is 23.8 Å². The molecule has 1 aliphatic heterocycles. The molecule has 0 radical (unpaired) electrons. The van der Waals surface area contributed by atoms with Crippen LogP contribution in [0.25, 0.3) is 0 Å². The summed E-state index contributed by atoms with van der Waals surface area (Å²) >= 11 is 1.16. The van der Waals surface area contributed by atoms with Crippen molar-refractivity contribution < 1.29 is 18.0 Å². The van der Waals surface area contributed by atoms with E-state index in [2.05, 4.69) is 25.3 Å². The van der Waals surface area contributed by atoms with Gasteiger partial charge in [0.2, 0.25) is 0 Å². The molecule has 0 saturated carbocycles. The second-order valence-corrected chi connectivity index (χ2v) is 10.0. The average molecular weight is 442 g/mol. The Hall–Kier alpha value is -1.95. The lowest BCUT2D eigenvalue weighted by Gasteiger charge is -2.36. The molecule has 11 heteroatoms. The fourth-order valence-electron chi connectivity index (χ4n) is 3.11. The van der Waals surface area contributed by atoms with Gasteiger partial charge in [-0.3, -0.25) is 9.89 Å². The van der Waals surface area contributed by atoms with E-state index in [-0.39, 0.29) is 16.5 Å². The molecule has 1 unspecified atom stereocenters. The van der Waals surface area contributed by atoms with Crippen molar-refractivity contribution in [2.75, 3.05) is 45.0 Å². The Kier molecular flexibility index (Phi) is 7.64. The number of hydrogen-bond acceptors (Lipinski definition) is 8. The minimum absolute atomic E-state index is 0.0338. The second kappa shape index (κ2) is 10.2. The van der Waals surface area contributed by atoms with Crippen molar-refractivity contribution in [1.82, 2.24) is 20.3 Å². The van der Waals surface area contributed by atoms with Crippen LogP contribution in [0.1, 0.15) is 12.6 Å². The number of aromatic nitrogens is 1. The maximum Gasteiger partial charge on any atom is 0.194 e. The van der Waals surface area contributed by atoms with Crippen molar-refractivity contribution in [1.29, 1.82) is 0 Å². The molecule has 3 rings (SSSR count). The predicted octanol–water partition coefficient (Wildman–Crippen LogP) is 0.654. The quantitative estimate of drug-likeness (QED) is 0.454. The highest BCUT2D eigenvalue weighted by Crippen LogP contribution is 2.18. The van der Waals surface area contributed by atoms with Crippen molar-refractivity contribution in [3.8, 4) is 0 Å². The van der Waals surface area contributed by atoms with Gasteiger partial charge in [0, 0.05) is 45.3 Å². The maximum atomic E-state index is 12.3. The lowest BCUT2D eigenvalue weighted by atomic mass is 10.3. The molecule has 1 saturated heterocycles. The van der Waals surface area contributed by atoms with Gasteiger partial charge in [0.1, 0.15) is 10.5 Å². The number of aliphatic imine (C=N–C) groups is 1. The first-order valence-corrected chi connectivity index (χ1v) is 12.1. The Morgan fingerprint density at radius 2 is 2.17 bits per heavy atom. The Morgan fingerprint density at radius 1 is 1.38 bits per heavy atom. The van der Waals surface area contributed by atoms with E-state index in [0.29, 0.717) is 12.5 Å². The molecule has 0 amide bonds. The van der Waals surface area contributed by atoms with Gasteiger partial charge in [-0.25, -0.2) is 8.42 Å². The van der Waals surface area contributed by atoms with Crippen LogP contribution in [0.4, 0.5) is 0 Å². The van der Waals surface area contributed by atoms with Crippen molar-refractivity contribution in [2.45, 2.75) is 23.8 Å². The zero-order valence-corrected chi connectivity index (χ0v) is 18.0. The summed E-state index contributed by atoms with van der Waals surface area (Å²) in [6.45, 7) is 6.73. The molecule has 0 aromatic carbocycles. The molecular weight excluding hydrogens is 414 g/mol. The monoisotopic (exact) mass is 441 g/mol. The van der Waals surface area contributed by atoms with Crippen LogP contribution in [0.3, 0.4) is 0 Å². The van der Waals surface area contributed by atoms with Crippen LogP contribution >= 0.6 is 11.3 Å². The van der Waals surface area contributed by atoms with Crippen LogP contribution in [0, 0.1) is 0 Å². The van der Waals surface area contributed by atoms with Gasteiger partial charge >= 0.3 is 0 Å². The first-order chi connectivity index (χ1) is 14.0. The van der Waals surface area contributed by atoms with Gasteiger partial charge in [0.25, 0.3) is 0 Å². The molecule has 3 heterocycles. The summed E-state index contributed by atoms with van der Waals surface area (Å²) < 4.78 is 29.8. The maximum absolute atomic E-state index is 12.3. The number of rotatable bonds is 8. The molecule has 0 spiro atoms. The predicted molar refractivity (Wildman–Crippen MR) is 112 cm³/mol. The topological polar surface area (TPSA) is 111 Å². The van der Waals surface area contributed by atoms with Gasteiger partial charge in [0.15, 0.2) is 15.8 Å². The lowest BCUT2D eigenvalue weighted by Crippen LogP contribution is -2.52. The minimum atomic E-state index is -3.49. The molecule has 1 atom stereocenters. The van der Waals surface area contributed by atoms with Crippen molar-refractivity contribution >= 4 is 27.1 Å². The summed E-state index contributed by atoms with van der Waals surface area (Å²) in [7, 11) is -3.49. The molecule has 0 aliphatic carbocycles. The number of aliphatic hydroxyl groups is 1. The van der Waals surface area contributed by atoms with E-state index >= 15 is 0 Å². The van der Waals surface area contributed by atoms with Gasteiger partial charge in [0.05, 0.1) is 24.1 Å². The number of piperazine rings is 1. The summed E-state index contributed by atoms with van der Waals surface area (Å²) in [5.74, 6) is 0.364. The zero-order chi connectivity index (χ0) is 20.7. The van der Waals surface area contributed by atoms with E-state index in [4.69, 9.17) is 4.52 Å². The molecule has 1 fully saturated rings. The Balaban J connectivity index is 1.53. The average Bonchev–Trinajstić information content (AvgIpc) is 3.40. The Bertz CT molecular complexity index is 860. The molecule has 2 aromatic heterocycles. The summed E-state index contributed by atoms with van der Waals surface area (Å²) in [6, 6.07) is 5.11. The number of nitrogens with one attached hydrogen (secondary N) is 1. The summed E-state index contributed by atoms with van der Waals surface area (Å²) in [5.41, 5.74) is 0.911. The lowest BCUT2D eigenvalue weighted by molar-refractivity contribution is 0.167. The third kappa shape index (κ3) is 6.26. The SMILES string of the molecule is CCNC(=NCC(O)CS(=O)(=O)c1cccs1)N1CCN(Cc2ccon2)CC1. The van der Waals surface area contributed by atoms with Crippen LogP contribution in [-0.2, 0) is 16.4 Å². The van der Waals surface area contributed by atoms with Gasteiger partial charge in [-0.1, -0.05) is 11.2 Å². The van der Waals surface area contributed by atoms with E-state index < -0.39 is 15.9 Å². The largest absolute Gasteiger partial charge is 0.390 e. The first-order valence-electron chi connectivity index (χ1n) is 9.57. The van der Waals surface area contributed by atoms with Crippen LogP contribution in [-0.4, -0.2) is 85.6 Å². The van der Waals surface area contributed by atoms with Crippen LogP contribution < -0.4 is 5.32 Å². The van der Waals surface area contributed by atoms with Gasteiger partial charge in [-0.2, -0.15) is 0 Å². The number of nitrogens with zero attached hydrogens (tertiary/aromatic N) is 4.